The first-order chi connectivity index (χ1) is 9.06. The van der Waals surface area contributed by atoms with Crippen molar-refractivity contribution >= 4 is 33.5 Å². The van der Waals surface area contributed by atoms with Crippen molar-refractivity contribution < 1.29 is 14.3 Å². The molecule has 1 aliphatic heterocycles. The predicted molar refractivity (Wildman–Crippen MR) is 74.8 cm³/mol. The van der Waals surface area contributed by atoms with Gasteiger partial charge in [-0.3, -0.25) is 4.79 Å². The highest BCUT2D eigenvalue weighted by atomic mass is 79.9. The van der Waals surface area contributed by atoms with E-state index in [2.05, 4.69) is 26.6 Å². The van der Waals surface area contributed by atoms with Crippen molar-refractivity contribution in [2.75, 3.05) is 18.6 Å². The van der Waals surface area contributed by atoms with Crippen molar-refractivity contribution in [3.63, 3.8) is 0 Å². The maximum Gasteiger partial charge on any atom is 0.339 e. The minimum absolute atomic E-state index is 0.000619. The summed E-state index contributed by atoms with van der Waals surface area (Å²) in [5.74, 6) is 2.13. The molecular weight excluding hydrogens is 310 g/mol. The number of esters is 1. The molecule has 0 radical (unpaired) electrons. The van der Waals surface area contributed by atoms with Gasteiger partial charge in [0.2, 0.25) is 5.91 Å². The molecule has 1 aromatic rings. The number of rotatable bonds is 2. The SMILES string of the molecule is C#CC1CC(=O)N(c2ccc(C(=O)OC)c(Br)c2)C1. The third-order valence-electron chi connectivity index (χ3n) is 3.03. The summed E-state index contributed by atoms with van der Waals surface area (Å²) in [5.41, 5.74) is 1.15. The van der Waals surface area contributed by atoms with Crippen LogP contribution in [0.4, 0.5) is 5.69 Å². The number of anilines is 1. The summed E-state index contributed by atoms with van der Waals surface area (Å²) in [7, 11) is 1.32. The highest BCUT2D eigenvalue weighted by Crippen LogP contribution is 2.29. The summed E-state index contributed by atoms with van der Waals surface area (Å²) in [5, 5.41) is 0. The predicted octanol–water partition coefficient (Wildman–Crippen LogP) is 2.22. The molecule has 1 amide bonds. The zero-order valence-corrected chi connectivity index (χ0v) is 11.9. The van der Waals surface area contributed by atoms with Gasteiger partial charge >= 0.3 is 5.97 Å². The van der Waals surface area contributed by atoms with E-state index in [1.165, 1.54) is 7.11 Å². The quantitative estimate of drug-likeness (QED) is 0.620. The molecule has 1 aromatic carbocycles. The van der Waals surface area contributed by atoms with E-state index in [1.54, 1.807) is 23.1 Å². The molecular formula is C14H12BrNO3. The first-order valence-corrected chi connectivity index (χ1v) is 6.50. The number of halogens is 1. The summed E-state index contributed by atoms with van der Waals surface area (Å²) in [6, 6.07) is 5.07. The van der Waals surface area contributed by atoms with Crippen LogP contribution in [0.5, 0.6) is 0 Å². The molecule has 2 rings (SSSR count). The van der Waals surface area contributed by atoms with Crippen LogP contribution in [0.25, 0.3) is 0 Å². The monoisotopic (exact) mass is 321 g/mol. The lowest BCUT2D eigenvalue weighted by Crippen LogP contribution is -2.24. The van der Waals surface area contributed by atoms with Crippen LogP contribution in [0, 0.1) is 18.3 Å². The summed E-state index contributed by atoms with van der Waals surface area (Å²) < 4.78 is 5.25. The third kappa shape index (κ3) is 2.64. The highest BCUT2D eigenvalue weighted by molar-refractivity contribution is 9.10. The molecule has 1 heterocycles. The van der Waals surface area contributed by atoms with Crippen LogP contribution in [0.1, 0.15) is 16.8 Å². The number of nitrogens with zero attached hydrogens (tertiary/aromatic N) is 1. The number of hydrogen-bond acceptors (Lipinski definition) is 3. The fourth-order valence-corrected chi connectivity index (χ4v) is 2.54. The summed E-state index contributed by atoms with van der Waals surface area (Å²) in [6.07, 6.45) is 5.72. The van der Waals surface area contributed by atoms with Gasteiger partial charge in [0.1, 0.15) is 0 Å². The zero-order valence-electron chi connectivity index (χ0n) is 10.4. The van der Waals surface area contributed by atoms with Crippen LogP contribution in [-0.4, -0.2) is 25.5 Å². The average molecular weight is 322 g/mol. The molecule has 19 heavy (non-hydrogen) atoms. The summed E-state index contributed by atoms with van der Waals surface area (Å²) >= 11 is 3.31. The number of hydrogen-bond donors (Lipinski definition) is 0. The number of ether oxygens (including phenoxy) is 1. The van der Waals surface area contributed by atoms with E-state index < -0.39 is 5.97 Å². The minimum Gasteiger partial charge on any atom is -0.465 e. The zero-order chi connectivity index (χ0) is 14.0. The molecule has 0 aromatic heterocycles. The number of carbonyl (C=O) groups excluding carboxylic acids is 2. The van der Waals surface area contributed by atoms with Gasteiger partial charge in [-0.25, -0.2) is 4.79 Å². The smallest absolute Gasteiger partial charge is 0.339 e. The van der Waals surface area contributed by atoms with Gasteiger partial charge in [-0.2, -0.15) is 0 Å². The van der Waals surface area contributed by atoms with Crippen LogP contribution in [0.3, 0.4) is 0 Å². The fourth-order valence-electron chi connectivity index (χ4n) is 2.02. The van der Waals surface area contributed by atoms with Crippen molar-refractivity contribution in [2.45, 2.75) is 6.42 Å². The maximum atomic E-state index is 11.9. The molecule has 0 saturated carbocycles. The van der Waals surface area contributed by atoms with E-state index in [0.717, 1.165) is 5.69 Å². The number of benzene rings is 1. The Morgan fingerprint density at radius 2 is 2.32 bits per heavy atom. The third-order valence-corrected chi connectivity index (χ3v) is 3.69. The number of amides is 1. The fraction of sp³-hybridized carbons (Fsp3) is 0.286. The highest BCUT2D eigenvalue weighted by Gasteiger charge is 2.29. The van der Waals surface area contributed by atoms with Crippen LogP contribution in [0.2, 0.25) is 0 Å². The van der Waals surface area contributed by atoms with Gasteiger partial charge in [0.25, 0.3) is 0 Å². The van der Waals surface area contributed by atoms with Gasteiger partial charge in [-0.15, -0.1) is 12.3 Å². The van der Waals surface area contributed by atoms with Crippen molar-refractivity contribution in [1.29, 1.82) is 0 Å². The van der Waals surface area contributed by atoms with E-state index in [-0.39, 0.29) is 11.8 Å². The van der Waals surface area contributed by atoms with Gasteiger partial charge in [0.05, 0.1) is 12.7 Å². The van der Waals surface area contributed by atoms with Crippen molar-refractivity contribution in [1.82, 2.24) is 0 Å². The molecule has 1 atom stereocenters. The first-order valence-electron chi connectivity index (χ1n) is 5.71. The van der Waals surface area contributed by atoms with Gasteiger partial charge in [0, 0.05) is 29.0 Å². The van der Waals surface area contributed by atoms with Crippen molar-refractivity contribution in [3.8, 4) is 12.3 Å². The Bertz CT molecular complexity index is 577. The topological polar surface area (TPSA) is 46.6 Å². The molecule has 4 nitrogen and oxygen atoms in total. The summed E-state index contributed by atoms with van der Waals surface area (Å²) in [4.78, 5) is 25.0. The standard InChI is InChI=1S/C14H12BrNO3/c1-3-9-6-13(17)16(8-9)10-4-5-11(12(15)7-10)14(18)19-2/h1,4-5,7,9H,6,8H2,2H3. The molecule has 0 N–H and O–H groups in total. The second-order valence-corrected chi connectivity index (χ2v) is 5.08. The molecule has 98 valence electrons. The Hall–Kier alpha value is -1.80. The van der Waals surface area contributed by atoms with Gasteiger partial charge in [-0.1, -0.05) is 0 Å². The van der Waals surface area contributed by atoms with Crippen molar-refractivity contribution in [2.24, 2.45) is 5.92 Å². The minimum atomic E-state index is -0.423. The first kappa shape index (κ1) is 13.6. The number of terminal acetylenes is 1. The second-order valence-electron chi connectivity index (χ2n) is 4.23. The van der Waals surface area contributed by atoms with E-state index >= 15 is 0 Å². The van der Waals surface area contributed by atoms with Crippen LogP contribution < -0.4 is 4.90 Å². The van der Waals surface area contributed by atoms with E-state index in [4.69, 9.17) is 6.42 Å². The summed E-state index contributed by atoms with van der Waals surface area (Å²) in [6.45, 7) is 0.513. The second kappa shape index (κ2) is 5.45. The Morgan fingerprint density at radius 1 is 1.58 bits per heavy atom. The largest absolute Gasteiger partial charge is 0.465 e. The molecule has 0 aliphatic carbocycles. The van der Waals surface area contributed by atoms with Crippen LogP contribution in [0.15, 0.2) is 22.7 Å². The Kier molecular flexibility index (Phi) is 3.91. The van der Waals surface area contributed by atoms with E-state index in [1.807, 2.05) is 0 Å². The Labute approximate surface area is 119 Å². The molecule has 1 unspecified atom stereocenters. The average Bonchev–Trinajstić information content (AvgIpc) is 2.79. The van der Waals surface area contributed by atoms with Gasteiger partial charge < -0.3 is 9.64 Å². The van der Waals surface area contributed by atoms with Gasteiger partial charge in [-0.05, 0) is 34.1 Å². The molecule has 0 bridgehead atoms. The van der Waals surface area contributed by atoms with Crippen molar-refractivity contribution in [3.05, 3.63) is 28.2 Å². The lowest BCUT2D eigenvalue weighted by atomic mass is 10.1. The van der Waals surface area contributed by atoms with Gasteiger partial charge in [0.15, 0.2) is 0 Å². The number of methoxy groups -OCH3 is 1. The normalized spacial score (nSPS) is 18.3. The lowest BCUT2D eigenvalue weighted by Gasteiger charge is -2.17. The maximum absolute atomic E-state index is 11.9. The lowest BCUT2D eigenvalue weighted by molar-refractivity contribution is -0.117. The Morgan fingerprint density at radius 3 is 2.84 bits per heavy atom. The molecule has 1 aliphatic rings. The molecule has 5 heteroatoms. The van der Waals surface area contributed by atoms with Crippen LogP contribution >= 0.6 is 15.9 Å². The van der Waals surface area contributed by atoms with Crippen LogP contribution in [-0.2, 0) is 9.53 Å². The number of carbonyl (C=O) groups is 2. The Balaban J connectivity index is 2.28. The van der Waals surface area contributed by atoms with E-state index in [9.17, 15) is 9.59 Å². The molecule has 1 fully saturated rings. The molecule has 0 spiro atoms. The molecule has 1 saturated heterocycles. The van der Waals surface area contributed by atoms with E-state index in [0.29, 0.717) is 23.0 Å².